The van der Waals surface area contributed by atoms with Gasteiger partial charge in [-0.1, -0.05) is 53.2 Å². The summed E-state index contributed by atoms with van der Waals surface area (Å²) in [6.07, 6.45) is 1.78. The Labute approximate surface area is 273 Å². The maximum absolute atomic E-state index is 13.0. The number of carbonyl (C=O) groups is 6. The summed E-state index contributed by atoms with van der Waals surface area (Å²) in [6.45, 7) is 16.5. The smallest absolute Gasteiger partial charge is 0.311 e. The van der Waals surface area contributed by atoms with Crippen molar-refractivity contribution in [2.45, 2.75) is 113 Å². The zero-order valence-corrected chi connectivity index (χ0v) is 28.9. The molecule has 0 fully saturated rings. The fraction of sp³-hybridized carbons (Fsp3) is 0.647. The van der Waals surface area contributed by atoms with Crippen LogP contribution in [0.15, 0.2) is 24.3 Å². The lowest BCUT2D eigenvalue weighted by Crippen LogP contribution is -2.53. The van der Waals surface area contributed by atoms with E-state index in [9.17, 15) is 28.8 Å². The van der Waals surface area contributed by atoms with E-state index in [0.29, 0.717) is 31.5 Å². The van der Waals surface area contributed by atoms with Crippen LogP contribution in [0, 0.1) is 22.7 Å². The van der Waals surface area contributed by atoms with Gasteiger partial charge in [0.15, 0.2) is 0 Å². The molecule has 1 unspecified atom stereocenters. The molecule has 1 aromatic rings. The van der Waals surface area contributed by atoms with Gasteiger partial charge in [-0.25, -0.2) is 0 Å². The van der Waals surface area contributed by atoms with Gasteiger partial charge >= 0.3 is 11.9 Å². The number of benzene rings is 1. The molecule has 0 radical (unpaired) electrons. The minimum Gasteiger partial charge on any atom is -0.481 e. The van der Waals surface area contributed by atoms with E-state index in [2.05, 4.69) is 21.3 Å². The Hall–Kier alpha value is -3.96. The molecule has 1 aromatic carbocycles. The predicted molar refractivity (Wildman–Crippen MR) is 175 cm³/mol. The number of hydrogen-bond donors (Lipinski definition) is 5. The highest BCUT2D eigenvalue weighted by molar-refractivity contribution is 5.98. The summed E-state index contributed by atoms with van der Waals surface area (Å²) in [5, 5.41) is 20.1. The largest absolute Gasteiger partial charge is 0.481 e. The van der Waals surface area contributed by atoms with E-state index < -0.39 is 46.6 Å². The summed E-state index contributed by atoms with van der Waals surface area (Å²) >= 11 is 0. The molecule has 0 spiro atoms. The van der Waals surface area contributed by atoms with E-state index in [4.69, 9.17) is 9.84 Å². The molecular weight excluding hydrogens is 592 g/mol. The van der Waals surface area contributed by atoms with Crippen molar-refractivity contribution >= 4 is 41.3 Å². The normalized spacial score (nSPS) is 13.6. The van der Waals surface area contributed by atoms with Crippen molar-refractivity contribution in [3.05, 3.63) is 29.8 Å². The number of ether oxygens (including phenoxy) is 1. The van der Waals surface area contributed by atoms with Crippen LogP contribution in [0.3, 0.4) is 0 Å². The molecule has 0 bridgehead atoms. The molecule has 3 atom stereocenters. The summed E-state index contributed by atoms with van der Waals surface area (Å²) in [5.74, 6) is -3.70. The lowest BCUT2D eigenvalue weighted by molar-refractivity contribution is -0.154. The van der Waals surface area contributed by atoms with Gasteiger partial charge in [0.1, 0.15) is 18.7 Å². The monoisotopic (exact) mass is 646 g/mol. The fourth-order valence-electron chi connectivity index (χ4n) is 4.34. The third-order valence-electron chi connectivity index (χ3n) is 7.34. The molecule has 0 aromatic heterocycles. The first-order valence-corrected chi connectivity index (χ1v) is 15.9. The number of unbranched alkanes of at least 4 members (excludes halogenated alkanes) is 2. The van der Waals surface area contributed by atoms with Crippen molar-refractivity contribution in [2.24, 2.45) is 22.7 Å². The van der Waals surface area contributed by atoms with Crippen molar-refractivity contribution in [1.82, 2.24) is 16.0 Å². The maximum Gasteiger partial charge on any atom is 0.311 e. The van der Waals surface area contributed by atoms with Crippen LogP contribution in [0.1, 0.15) is 100.0 Å². The molecule has 0 heterocycles. The Morgan fingerprint density at radius 2 is 1.41 bits per heavy atom. The molecule has 258 valence electrons. The molecule has 5 N–H and O–H groups in total. The number of amides is 4. The molecule has 4 amide bonds. The lowest BCUT2D eigenvalue weighted by Gasteiger charge is -2.28. The van der Waals surface area contributed by atoms with E-state index >= 15 is 0 Å². The maximum atomic E-state index is 13.0. The molecule has 12 nitrogen and oxygen atoms in total. The second kappa shape index (κ2) is 18.3. The molecule has 12 heteroatoms. The van der Waals surface area contributed by atoms with Gasteiger partial charge in [-0.05, 0) is 69.6 Å². The minimum atomic E-state index is -1.02. The van der Waals surface area contributed by atoms with Crippen LogP contribution in [-0.2, 0) is 40.1 Å². The summed E-state index contributed by atoms with van der Waals surface area (Å²) in [7, 11) is 0. The van der Waals surface area contributed by atoms with E-state index in [0.717, 1.165) is 5.56 Å². The van der Waals surface area contributed by atoms with Gasteiger partial charge < -0.3 is 31.1 Å². The average molecular weight is 647 g/mol. The van der Waals surface area contributed by atoms with Crippen molar-refractivity contribution in [3.63, 3.8) is 0 Å². The Morgan fingerprint density at radius 3 is 1.93 bits per heavy atom. The van der Waals surface area contributed by atoms with Crippen LogP contribution in [0.2, 0.25) is 0 Å². The highest BCUT2D eigenvalue weighted by atomic mass is 16.5. The average Bonchev–Trinajstić information content (AvgIpc) is 2.94. The molecule has 0 aliphatic carbocycles. The Bertz CT molecular complexity index is 1200. The van der Waals surface area contributed by atoms with E-state index in [1.807, 2.05) is 20.8 Å². The second-order valence-electron chi connectivity index (χ2n) is 14.1. The van der Waals surface area contributed by atoms with Gasteiger partial charge in [0.25, 0.3) is 0 Å². The van der Waals surface area contributed by atoms with Crippen LogP contribution in [0.4, 0.5) is 5.69 Å². The topological polar surface area (TPSA) is 180 Å². The van der Waals surface area contributed by atoms with Crippen LogP contribution in [0.25, 0.3) is 0 Å². The van der Waals surface area contributed by atoms with E-state index in [1.54, 1.807) is 65.8 Å². The van der Waals surface area contributed by atoms with Gasteiger partial charge in [-0.2, -0.15) is 0 Å². The molecule has 0 aliphatic rings. The lowest BCUT2D eigenvalue weighted by atomic mass is 9.78. The summed E-state index contributed by atoms with van der Waals surface area (Å²) in [4.78, 5) is 73.9. The van der Waals surface area contributed by atoms with Crippen molar-refractivity contribution in [1.29, 1.82) is 0 Å². The first kappa shape index (κ1) is 40.1. The van der Waals surface area contributed by atoms with E-state index in [-0.39, 0.29) is 43.2 Å². The van der Waals surface area contributed by atoms with Gasteiger partial charge in [-0.3, -0.25) is 28.8 Å². The molecule has 1 rings (SSSR count). The van der Waals surface area contributed by atoms with Gasteiger partial charge in [0, 0.05) is 18.7 Å². The molecule has 0 saturated carbocycles. The number of carboxylic acid groups (broad SMARTS) is 1. The van der Waals surface area contributed by atoms with Crippen LogP contribution in [-0.4, -0.2) is 59.3 Å². The SMILES string of the molecule is CC(C)[C@H](NC(=O)CCCCCNC(=O)C(CC(=O)O)C(C)(C)C)C(=O)N[C@@H](C)C(=O)Nc1ccc(COC(=O)C(C)(C)C)cc1. The fourth-order valence-corrected chi connectivity index (χ4v) is 4.34. The Kier molecular flexibility index (Phi) is 15.9. The molecule has 0 aliphatic heterocycles. The second-order valence-corrected chi connectivity index (χ2v) is 14.1. The summed E-state index contributed by atoms with van der Waals surface area (Å²) in [5.41, 5.74) is 0.193. The number of rotatable bonds is 17. The highest BCUT2D eigenvalue weighted by Crippen LogP contribution is 2.29. The van der Waals surface area contributed by atoms with Crippen LogP contribution in [0.5, 0.6) is 0 Å². The van der Waals surface area contributed by atoms with Crippen molar-refractivity contribution in [3.8, 4) is 0 Å². The van der Waals surface area contributed by atoms with Gasteiger partial charge in [0.2, 0.25) is 23.6 Å². The number of aliphatic carboxylic acids is 1. The van der Waals surface area contributed by atoms with Crippen LogP contribution < -0.4 is 21.3 Å². The zero-order valence-electron chi connectivity index (χ0n) is 28.9. The minimum absolute atomic E-state index is 0.117. The number of anilines is 1. The number of carboxylic acids is 1. The third-order valence-corrected chi connectivity index (χ3v) is 7.34. The quantitative estimate of drug-likeness (QED) is 0.124. The standard InChI is InChI=1S/C34H54N4O8/c1-21(2)28(38-26(39)13-11-10-12-18-35-30(43)25(19-27(40)41)33(4,5)6)31(44)36-22(3)29(42)37-24-16-14-23(15-17-24)20-46-32(45)34(7,8)9/h14-17,21-22,25,28H,10-13,18-20H2,1-9H3,(H,35,43)(H,36,44)(H,37,42)(H,38,39)(H,40,41)/t22-,25?,28-/m0/s1. The van der Waals surface area contributed by atoms with Crippen molar-refractivity contribution < 1.29 is 38.6 Å². The van der Waals surface area contributed by atoms with Gasteiger partial charge in [-0.15, -0.1) is 0 Å². The van der Waals surface area contributed by atoms with E-state index in [1.165, 1.54) is 0 Å². The first-order chi connectivity index (χ1) is 21.2. The number of carbonyl (C=O) groups excluding carboxylic acids is 5. The van der Waals surface area contributed by atoms with Crippen molar-refractivity contribution in [2.75, 3.05) is 11.9 Å². The summed E-state index contributed by atoms with van der Waals surface area (Å²) in [6, 6.07) is 5.13. The van der Waals surface area contributed by atoms with Gasteiger partial charge in [0.05, 0.1) is 17.8 Å². The number of esters is 1. The Morgan fingerprint density at radius 1 is 0.804 bits per heavy atom. The summed E-state index contributed by atoms with van der Waals surface area (Å²) < 4.78 is 5.30. The number of nitrogens with one attached hydrogen (secondary N) is 4. The predicted octanol–water partition coefficient (Wildman–Crippen LogP) is 4.17. The molecule has 46 heavy (non-hydrogen) atoms. The number of hydrogen-bond acceptors (Lipinski definition) is 7. The first-order valence-electron chi connectivity index (χ1n) is 15.9. The van der Waals surface area contributed by atoms with Crippen LogP contribution >= 0.6 is 0 Å². The molecule has 0 saturated heterocycles. The zero-order chi connectivity index (χ0) is 35.2. The third kappa shape index (κ3) is 14.9. The highest BCUT2D eigenvalue weighted by Gasteiger charge is 2.33. The Balaban J connectivity index is 2.50. The molecular formula is C34H54N4O8.